The number of nitrogens with zero attached hydrogens (tertiary/aromatic N) is 1. The summed E-state index contributed by atoms with van der Waals surface area (Å²) in [5.74, 6) is 1.08. The number of hydrogen-bond acceptors (Lipinski definition) is 2. The zero-order valence-electron chi connectivity index (χ0n) is 11.6. The number of aromatic amines is 1. The molecule has 0 aliphatic carbocycles. The molecule has 0 aliphatic heterocycles. The molecule has 0 amide bonds. The molecule has 0 aliphatic rings. The number of benzene rings is 1. The van der Waals surface area contributed by atoms with Crippen LogP contribution >= 0.6 is 0 Å². The first-order valence-corrected chi connectivity index (χ1v) is 6.58. The van der Waals surface area contributed by atoms with Crippen LogP contribution in [0.5, 0.6) is 0 Å². The smallest absolute Gasteiger partial charge is 0.126 e. The number of halogens is 1. The van der Waals surface area contributed by atoms with Crippen LogP contribution in [0, 0.1) is 12.7 Å². The lowest BCUT2D eigenvalue weighted by Crippen LogP contribution is -2.04. The Balaban J connectivity index is 2.49. The van der Waals surface area contributed by atoms with Crippen molar-refractivity contribution in [3.05, 3.63) is 41.1 Å². The van der Waals surface area contributed by atoms with Gasteiger partial charge in [-0.15, -0.1) is 0 Å². The molecule has 0 atom stereocenters. The van der Waals surface area contributed by atoms with Crippen LogP contribution in [0.25, 0.3) is 11.3 Å². The number of hydrogen-bond donors (Lipinski definition) is 2. The molecule has 1 aromatic carbocycles. The van der Waals surface area contributed by atoms with Gasteiger partial charge < -0.3 is 10.7 Å². The Morgan fingerprint density at radius 2 is 2.11 bits per heavy atom. The van der Waals surface area contributed by atoms with Crippen LogP contribution in [-0.4, -0.2) is 16.5 Å². The highest BCUT2D eigenvalue weighted by molar-refractivity contribution is 5.63. The normalized spacial score (nSPS) is 11.3. The first-order valence-electron chi connectivity index (χ1n) is 6.58. The van der Waals surface area contributed by atoms with Gasteiger partial charge in [0.05, 0.1) is 5.69 Å². The monoisotopic (exact) mass is 261 g/mol. The fraction of sp³-hybridized carbons (Fsp3) is 0.400. The van der Waals surface area contributed by atoms with Crippen molar-refractivity contribution in [2.45, 2.75) is 33.1 Å². The molecule has 4 heteroatoms. The van der Waals surface area contributed by atoms with E-state index in [9.17, 15) is 4.39 Å². The van der Waals surface area contributed by atoms with Crippen LogP contribution in [0.2, 0.25) is 0 Å². The third-order valence-electron chi connectivity index (χ3n) is 3.17. The summed E-state index contributed by atoms with van der Waals surface area (Å²) in [6, 6.07) is 5.08. The molecule has 102 valence electrons. The van der Waals surface area contributed by atoms with Crippen molar-refractivity contribution in [1.29, 1.82) is 0 Å². The van der Waals surface area contributed by atoms with Gasteiger partial charge in [0.2, 0.25) is 0 Å². The fourth-order valence-electron chi connectivity index (χ4n) is 2.06. The molecule has 0 unspecified atom stereocenters. The molecule has 0 saturated carbocycles. The summed E-state index contributed by atoms with van der Waals surface area (Å²) in [4.78, 5) is 7.97. The number of rotatable bonds is 4. The Hall–Kier alpha value is -1.68. The van der Waals surface area contributed by atoms with Gasteiger partial charge in [0.15, 0.2) is 0 Å². The Morgan fingerprint density at radius 1 is 1.37 bits per heavy atom. The van der Waals surface area contributed by atoms with E-state index in [1.54, 1.807) is 13.0 Å². The van der Waals surface area contributed by atoms with E-state index in [0.717, 1.165) is 29.2 Å². The van der Waals surface area contributed by atoms with Gasteiger partial charge in [-0.25, -0.2) is 9.37 Å². The number of nitrogens with two attached hydrogens (primary N) is 1. The minimum absolute atomic E-state index is 0.191. The van der Waals surface area contributed by atoms with Gasteiger partial charge in [0, 0.05) is 23.6 Å². The topological polar surface area (TPSA) is 54.7 Å². The van der Waals surface area contributed by atoms with Crippen molar-refractivity contribution in [1.82, 2.24) is 9.97 Å². The van der Waals surface area contributed by atoms with Gasteiger partial charge in [-0.1, -0.05) is 13.8 Å². The third kappa shape index (κ3) is 2.84. The lowest BCUT2D eigenvalue weighted by Gasteiger charge is -2.03. The maximum atomic E-state index is 13.3. The van der Waals surface area contributed by atoms with Crippen molar-refractivity contribution in [2.24, 2.45) is 5.73 Å². The Bertz CT molecular complexity index is 573. The third-order valence-corrected chi connectivity index (χ3v) is 3.17. The zero-order valence-corrected chi connectivity index (χ0v) is 11.6. The molecule has 1 aromatic heterocycles. The first-order chi connectivity index (χ1) is 9.02. The highest BCUT2D eigenvalue weighted by Crippen LogP contribution is 2.26. The van der Waals surface area contributed by atoms with Crippen LogP contribution in [0.4, 0.5) is 4.39 Å². The second-order valence-electron chi connectivity index (χ2n) is 5.11. The van der Waals surface area contributed by atoms with Gasteiger partial charge in [0.1, 0.15) is 11.6 Å². The molecular weight excluding hydrogens is 241 g/mol. The molecular formula is C15H20FN3. The molecule has 0 bridgehead atoms. The fourth-order valence-corrected chi connectivity index (χ4v) is 2.06. The number of imidazole rings is 1. The van der Waals surface area contributed by atoms with E-state index >= 15 is 0 Å². The first kappa shape index (κ1) is 13.7. The quantitative estimate of drug-likeness (QED) is 0.888. The van der Waals surface area contributed by atoms with Gasteiger partial charge >= 0.3 is 0 Å². The summed E-state index contributed by atoms with van der Waals surface area (Å²) in [5, 5.41) is 0. The average molecular weight is 261 g/mol. The largest absolute Gasteiger partial charge is 0.345 e. The van der Waals surface area contributed by atoms with Crippen LogP contribution < -0.4 is 5.73 Å². The van der Waals surface area contributed by atoms with E-state index in [0.29, 0.717) is 18.0 Å². The molecule has 2 rings (SSSR count). The molecule has 0 radical (unpaired) electrons. The van der Waals surface area contributed by atoms with Crippen LogP contribution in [-0.2, 0) is 6.42 Å². The molecule has 0 spiro atoms. The molecule has 19 heavy (non-hydrogen) atoms. The van der Waals surface area contributed by atoms with Gasteiger partial charge in [-0.3, -0.25) is 0 Å². The minimum Gasteiger partial charge on any atom is -0.345 e. The highest BCUT2D eigenvalue weighted by Gasteiger charge is 2.14. The Labute approximate surface area is 113 Å². The van der Waals surface area contributed by atoms with Gasteiger partial charge in [-0.05, 0) is 37.2 Å². The maximum absolute atomic E-state index is 13.3. The van der Waals surface area contributed by atoms with Crippen LogP contribution in [0.15, 0.2) is 18.2 Å². The highest BCUT2D eigenvalue weighted by atomic mass is 19.1. The second-order valence-corrected chi connectivity index (χ2v) is 5.11. The minimum atomic E-state index is -0.191. The lowest BCUT2D eigenvalue weighted by atomic mass is 10.1. The predicted molar refractivity (Wildman–Crippen MR) is 75.6 cm³/mol. The van der Waals surface area contributed by atoms with Crippen molar-refractivity contribution >= 4 is 0 Å². The summed E-state index contributed by atoms with van der Waals surface area (Å²) < 4.78 is 13.3. The van der Waals surface area contributed by atoms with Crippen molar-refractivity contribution in [3.63, 3.8) is 0 Å². The number of H-pyrrole nitrogens is 1. The second kappa shape index (κ2) is 5.53. The summed E-state index contributed by atoms with van der Waals surface area (Å²) in [6.45, 7) is 6.50. The van der Waals surface area contributed by atoms with Gasteiger partial charge in [0.25, 0.3) is 0 Å². The molecule has 0 fully saturated rings. The van der Waals surface area contributed by atoms with Crippen LogP contribution in [0.1, 0.15) is 36.8 Å². The molecule has 3 N–H and O–H groups in total. The standard InChI is InChI=1S/C15H20FN3/c1-9(2)15-18-13(6-7-17)14(19-15)11-4-5-12(16)10(3)8-11/h4-5,8-9H,6-7,17H2,1-3H3,(H,18,19). The number of aryl methyl sites for hydroxylation is 1. The summed E-state index contributed by atoms with van der Waals surface area (Å²) in [6.07, 6.45) is 0.742. The molecule has 3 nitrogen and oxygen atoms in total. The predicted octanol–water partition coefficient (Wildman–Crippen LogP) is 3.15. The summed E-state index contributed by atoms with van der Waals surface area (Å²) >= 11 is 0. The van der Waals surface area contributed by atoms with E-state index in [2.05, 4.69) is 23.8 Å². The van der Waals surface area contributed by atoms with Crippen molar-refractivity contribution in [2.75, 3.05) is 6.54 Å². The Kier molecular flexibility index (Phi) is 4.00. The maximum Gasteiger partial charge on any atom is 0.126 e. The van der Waals surface area contributed by atoms with Crippen molar-refractivity contribution < 1.29 is 4.39 Å². The van der Waals surface area contributed by atoms with Crippen LogP contribution in [0.3, 0.4) is 0 Å². The summed E-state index contributed by atoms with van der Waals surface area (Å²) in [5.41, 5.74) is 9.12. The molecule has 2 aromatic rings. The van der Waals surface area contributed by atoms with E-state index in [1.807, 2.05) is 6.07 Å². The Morgan fingerprint density at radius 3 is 2.68 bits per heavy atom. The molecule has 0 saturated heterocycles. The van der Waals surface area contributed by atoms with E-state index < -0.39 is 0 Å². The van der Waals surface area contributed by atoms with E-state index in [4.69, 9.17) is 5.73 Å². The summed E-state index contributed by atoms with van der Waals surface area (Å²) in [7, 11) is 0. The number of nitrogens with one attached hydrogen (secondary N) is 1. The molecule has 1 heterocycles. The van der Waals surface area contributed by atoms with Gasteiger partial charge in [-0.2, -0.15) is 0 Å². The SMILES string of the molecule is Cc1cc(-c2nc(C(C)C)[nH]c2CCN)ccc1F. The zero-order chi connectivity index (χ0) is 14.0. The number of aromatic nitrogens is 2. The van der Waals surface area contributed by atoms with E-state index in [-0.39, 0.29) is 5.82 Å². The van der Waals surface area contributed by atoms with E-state index in [1.165, 1.54) is 6.07 Å². The average Bonchev–Trinajstić information content (AvgIpc) is 2.77. The lowest BCUT2D eigenvalue weighted by molar-refractivity contribution is 0.618. The van der Waals surface area contributed by atoms with Crippen molar-refractivity contribution in [3.8, 4) is 11.3 Å².